The Hall–Kier alpha value is -2.55. The van der Waals surface area contributed by atoms with Crippen LogP contribution < -0.4 is 5.43 Å². The minimum Gasteiger partial charge on any atom is -0.508 e. The van der Waals surface area contributed by atoms with Crippen LogP contribution in [0.3, 0.4) is 0 Å². The summed E-state index contributed by atoms with van der Waals surface area (Å²) in [6.45, 7) is 1.98. The minimum absolute atomic E-state index is 0.0184. The second-order valence-electron chi connectivity index (χ2n) is 5.02. The van der Waals surface area contributed by atoms with Gasteiger partial charge in [-0.2, -0.15) is 0 Å². The zero-order valence-electron chi connectivity index (χ0n) is 11.4. The van der Waals surface area contributed by atoms with Gasteiger partial charge < -0.3 is 9.67 Å². The number of nitrogens with zero attached hydrogens (tertiary/aromatic N) is 1. The van der Waals surface area contributed by atoms with Crippen molar-refractivity contribution in [1.82, 2.24) is 4.57 Å². The topological polar surface area (TPSA) is 42.2 Å². The average Bonchev–Trinajstić information content (AvgIpc) is 2.44. The SMILES string of the molecule is Cc1ccc2c(c1)c(=O)cc(-c1ccc(O)cc1)n2C. The third-order valence-electron chi connectivity index (χ3n) is 3.57. The van der Waals surface area contributed by atoms with Crippen molar-refractivity contribution < 1.29 is 5.11 Å². The van der Waals surface area contributed by atoms with Gasteiger partial charge in [-0.25, -0.2) is 0 Å². The Kier molecular flexibility index (Phi) is 2.83. The highest BCUT2D eigenvalue weighted by Gasteiger charge is 2.08. The summed E-state index contributed by atoms with van der Waals surface area (Å²) < 4.78 is 2.00. The highest BCUT2D eigenvalue weighted by atomic mass is 16.3. The number of rotatable bonds is 1. The number of aryl methyl sites for hydroxylation is 2. The maximum absolute atomic E-state index is 12.3. The molecule has 0 unspecified atom stereocenters. The van der Waals surface area contributed by atoms with Crippen LogP contribution in [0.2, 0.25) is 0 Å². The molecule has 0 aliphatic carbocycles. The molecule has 3 aromatic rings. The largest absolute Gasteiger partial charge is 0.508 e. The number of phenolic OH excluding ortho intramolecular Hbond substituents is 1. The second-order valence-corrected chi connectivity index (χ2v) is 5.02. The molecular weight excluding hydrogens is 250 g/mol. The Morgan fingerprint density at radius 1 is 1.00 bits per heavy atom. The number of benzene rings is 2. The lowest BCUT2D eigenvalue weighted by atomic mass is 10.1. The summed E-state index contributed by atoms with van der Waals surface area (Å²) in [6, 6.07) is 14.4. The molecule has 3 heteroatoms. The summed E-state index contributed by atoms with van der Waals surface area (Å²) >= 11 is 0. The van der Waals surface area contributed by atoms with Crippen LogP contribution in [0.25, 0.3) is 22.2 Å². The quantitative estimate of drug-likeness (QED) is 0.734. The van der Waals surface area contributed by atoms with E-state index in [1.54, 1.807) is 18.2 Å². The van der Waals surface area contributed by atoms with Crippen molar-refractivity contribution in [3.8, 4) is 17.0 Å². The van der Waals surface area contributed by atoms with Crippen molar-refractivity contribution in [1.29, 1.82) is 0 Å². The molecule has 3 rings (SSSR count). The third kappa shape index (κ3) is 1.97. The number of aromatic hydroxyl groups is 1. The zero-order valence-corrected chi connectivity index (χ0v) is 11.4. The Balaban J connectivity index is 2.33. The maximum Gasteiger partial charge on any atom is 0.190 e. The molecule has 0 bridgehead atoms. The van der Waals surface area contributed by atoms with E-state index in [-0.39, 0.29) is 11.2 Å². The van der Waals surface area contributed by atoms with E-state index in [4.69, 9.17) is 0 Å². The molecule has 1 aromatic heterocycles. The molecule has 0 saturated heterocycles. The maximum atomic E-state index is 12.3. The summed E-state index contributed by atoms with van der Waals surface area (Å²) in [5.41, 5.74) is 3.75. The van der Waals surface area contributed by atoms with Crippen molar-refractivity contribution in [2.75, 3.05) is 0 Å². The van der Waals surface area contributed by atoms with Gasteiger partial charge in [0.1, 0.15) is 5.75 Å². The van der Waals surface area contributed by atoms with Crippen molar-refractivity contribution in [2.24, 2.45) is 7.05 Å². The molecule has 0 amide bonds. The predicted octanol–water partition coefficient (Wildman–Crippen LogP) is 3.22. The highest BCUT2D eigenvalue weighted by molar-refractivity contribution is 5.83. The van der Waals surface area contributed by atoms with Crippen molar-refractivity contribution in [3.05, 3.63) is 64.3 Å². The van der Waals surface area contributed by atoms with Crippen LogP contribution in [0.4, 0.5) is 0 Å². The fourth-order valence-electron chi connectivity index (χ4n) is 2.48. The van der Waals surface area contributed by atoms with Gasteiger partial charge in [0.2, 0.25) is 0 Å². The van der Waals surface area contributed by atoms with Gasteiger partial charge in [-0.3, -0.25) is 4.79 Å². The fourth-order valence-corrected chi connectivity index (χ4v) is 2.48. The smallest absolute Gasteiger partial charge is 0.190 e. The molecule has 0 fully saturated rings. The molecule has 100 valence electrons. The van der Waals surface area contributed by atoms with E-state index in [1.807, 2.05) is 48.9 Å². The first-order valence-electron chi connectivity index (χ1n) is 6.46. The molecule has 1 N–H and O–H groups in total. The Morgan fingerprint density at radius 2 is 1.70 bits per heavy atom. The van der Waals surface area contributed by atoms with Gasteiger partial charge in [-0.1, -0.05) is 11.6 Å². The van der Waals surface area contributed by atoms with Crippen LogP contribution in [0.1, 0.15) is 5.56 Å². The summed E-state index contributed by atoms with van der Waals surface area (Å²) in [5.74, 6) is 0.218. The molecule has 0 radical (unpaired) electrons. The van der Waals surface area contributed by atoms with Gasteiger partial charge in [0.25, 0.3) is 0 Å². The first kappa shape index (κ1) is 12.5. The normalized spacial score (nSPS) is 10.9. The van der Waals surface area contributed by atoms with E-state index in [0.29, 0.717) is 0 Å². The Labute approximate surface area is 116 Å². The van der Waals surface area contributed by atoms with Gasteiger partial charge in [-0.05, 0) is 48.9 Å². The van der Waals surface area contributed by atoms with Gasteiger partial charge in [0.15, 0.2) is 5.43 Å². The number of fused-ring (bicyclic) bond motifs is 1. The van der Waals surface area contributed by atoms with E-state index >= 15 is 0 Å². The lowest BCUT2D eigenvalue weighted by Crippen LogP contribution is -2.09. The third-order valence-corrected chi connectivity index (χ3v) is 3.57. The van der Waals surface area contributed by atoms with Crippen LogP contribution in [-0.4, -0.2) is 9.67 Å². The van der Waals surface area contributed by atoms with E-state index in [1.165, 1.54) is 0 Å². The van der Waals surface area contributed by atoms with Crippen LogP contribution in [0.5, 0.6) is 5.75 Å². The van der Waals surface area contributed by atoms with Gasteiger partial charge in [-0.15, -0.1) is 0 Å². The molecular formula is C17H15NO2. The number of phenols is 1. The molecule has 1 heterocycles. The van der Waals surface area contributed by atoms with Crippen LogP contribution in [-0.2, 0) is 7.05 Å². The van der Waals surface area contributed by atoms with Crippen molar-refractivity contribution in [3.63, 3.8) is 0 Å². The van der Waals surface area contributed by atoms with Crippen LogP contribution >= 0.6 is 0 Å². The lowest BCUT2D eigenvalue weighted by molar-refractivity contribution is 0.475. The van der Waals surface area contributed by atoms with E-state index in [0.717, 1.165) is 27.7 Å². The minimum atomic E-state index is 0.0184. The van der Waals surface area contributed by atoms with Crippen molar-refractivity contribution >= 4 is 10.9 Å². The van der Waals surface area contributed by atoms with Crippen LogP contribution in [0, 0.1) is 6.92 Å². The molecule has 20 heavy (non-hydrogen) atoms. The number of hydrogen-bond acceptors (Lipinski definition) is 2. The number of pyridine rings is 1. The monoisotopic (exact) mass is 265 g/mol. The Bertz CT molecular complexity index is 845. The van der Waals surface area contributed by atoms with Gasteiger partial charge in [0, 0.05) is 18.5 Å². The van der Waals surface area contributed by atoms with Gasteiger partial charge >= 0.3 is 0 Å². The Morgan fingerprint density at radius 3 is 2.40 bits per heavy atom. The van der Waals surface area contributed by atoms with E-state index < -0.39 is 0 Å². The standard InChI is InChI=1S/C17H15NO2/c1-11-3-8-15-14(9-11)17(20)10-16(18(15)2)12-4-6-13(19)7-5-12/h3-10,19H,1-2H3. The fraction of sp³-hybridized carbons (Fsp3) is 0.118. The predicted molar refractivity (Wildman–Crippen MR) is 81.0 cm³/mol. The first-order valence-corrected chi connectivity index (χ1v) is 6.46. The molecule has 3 nitrogen and oxygen atoms in total. The van der Waals surface area contributed by atoms with Crippen molar-refractivity contribution in [2.45, 2.75) is 6.92 Å². The molecule has 0 aliphatic rings. The molecule has 0 saturated carbocycles. The summed E-state index contributed by atoms with van der Waals surface area (Å²) in [7, 11) is 1.94. The summed E-state index contributed by atoms with van der Waals surface area (Å²) in [6.07, 6.45) is 0. The second kappa shape index (κ2) is 4.53. The zero-order chi connectivity index (χ0) is 14.3. The molecule has 0 atom stereocenters. The molecule has 0 aliphatic heterocycles. The highest BCUT2D eigenvalue weighted by Crippen LogP contribution is 2.23. The summed E-state index contributed by atoms with van der Waals surface area (Å²) in [4.78, 5) is 12.3. The molecule has 0 spiro atoms. The number of hydrogen-bond donors (Lipinski definition) is 1. The van der Waals surface area contributed by atoms with Crippen LogP contribution in [0.15, 0.2) is 53.3 Å². The molecule has 2 aromatic carbocycles. The first-order chi connectivity index (χ1) is 9.56. The number of aromatic nitrogens is 1. The van der Waals surface area contributed by atoms with Gasteiger partial charge in [0.05, 0.1) is 11.2 Å². The van der Waals surface area contributed by atoms with E-state index in [2.05, 4.69) is 0 Å². The van der Waals surface area contributed by atoms with E-state index in [9.17, 15) is 9.90 Å². The summed E-state index contributed by atoms with van der Waals surface area (Å²) in [5, 5.41) is 10.1. The average molecular weight is 265 g/mol. The lowest BCUT2D eigenvalue weighted by Gasteiger charge is -2.13.